The second-order valence-corrected chi connectivity index (χ2v) is 6.18. The molecular formula is C20H22OS. The SMILES string of the molecule is C/C=C(/C)S/C(=C/CC)c1ccccc1Oc1ccccc1. The predicted molar refractivity (Wildman–Crippen MR) is 98.2 cm³/mol. The zero-order valence-electron chi connectivity index (χ0n) is 13.4. The molecule has 0 spiro atoms. The molecule has 0 atom stereocenters. The van der Waals surface area contributed by atoms with Crippen molar-refractivity contribution in [2.45, 2.75) is 27.2 Å². The van der Waals surface area contributed by atoms with Gasteiger partial charge in [0.2, 0.25) is 0 Å². The molecule has 0 saturated heterocycles. The van der Waals surface area contributed by atoms with Crippen LogP contribution in [0.15, 0.2) is 71.7 Å². The fraction of sp³-hybridized carbons (Fsp3) is 0.200. The molecular weight excluding hydrogens is 288 g/mol. The molecule has 2 aromatic carbocycles. The molecule has 0 aliphatic heterocycles. The minimum atomic E-state index is 0.860. The first-order chi connectivity index (χ1) is 10.7. The zero-order valence-corrected chi connectivity index (χ0v) is 14.2. The lowest BCUT2D eigenvalue weighted by molar-refractivity contribution is 0.481. The van der Waals surface area contributed by atoms with Gasteiger partial charge in [0, 0.05) is 10.5 Å². The Balaban J connectivity index is 2.35. The average Bonchev–Trinajstić information content (AvgIpc) is 2.56. The lowest BCUT2D eigenvalue weighted by atomic mass is 10.1. The van der Waals surface area contributed by atoms with Gasteiger partial charge in [0.25, 0.3) is 0 Å². The molecule has 0 aromatic heterocycles. The van der Waals surface area contributed by atoms with Gasteiger partial charge in [-0.15, -0.1) is 0 Å². The van der Waals surface area contributed by atoms with E-state index in [0.29, 0.717) is 0 Å². The van der Waals surface area contributed by atoms with Gasteiger partial charge in [0.15, 0.2) is 0 Å². The van der Waals surface area contributed by atoms with Gasteiger partial charge in [-0.25, -0.2) is 0 Å². The maximum atomic E-state index is 6.08. The highest BCUT2D eigenvalue weighted by molar-refractivity contribution is 8.11. The smallest absolute Gasteiger partial charge is 0.135 e. The highest BCUT2D eigenvalue weighted by Crippen LogP contribution is 2.39. The zero-order chi connectivity index (χ0) is 15.8. The summed E-state index contributed by atoms with van der Waals surface area (Å²) in [5, 5.41) is 0. The lowest BCUT2D eigenvalue weighted by Crippen LogP contribution is -1.90. The Labute approximate surface area is 137 Å². The fourth-order valence-electron chi connectivity index (χ4n) is 2.00. The molecule has 0 heterocycles. The molecule has 0 saturated carbocycles. The normalized spacial score (nSPS) is 12.3. The standard InChI is InChI=1S/C20H22OS/c1-4-11-20(22-16(3)5-2)18-14-9-10-15-19(18)21-17-12-7-6-8-13-17/h5-15H,4H2,1-3H3/b16-5-,20-11+. The Kier molecular flexibility index (Phi) is 6.35. The van der Waals surface area contributed by atoms with Gasteiger partial charge in [-0.05, 0) is 43.4 Å². The number of thioether (sulfide) groups is 1. The Morgan fingerprint density at radius 3 is 2.41 bits per heavy atom. The summed E-state index contributed by atoms with van der Waals surface area (Å²) in [5.74, 6) is 1.75. The molecule has 0 amide bonds. The average molecular weight is 310 g/mol. The summed E-state index contributed by atoms with van der Waals surface area (Å²) in [5.41, 5.74) is 1.14. The highest BCUT2D eigenvalue weighted by atomic mass is 32.2. The van der Waals surface area contributed by atoms with E-state index in [4.69, 9.17) is 4.74 Å². The number of benzene rings is 2. The molecule has 0 fully saturated rings. The molecule has 22 heavy (non-hydrogen) atoms. The van der Waals surface area contributed by atoms with Crippen molar-refractivity contribution in [2.75, 3.05) is 0 Å². The molecule has 0 N–H and O–H groups in total. The number of hydrogen-bond acceptors (Lipinski definition) is 2. The van der Waals surface area contributed by atoms with Crippen LogP contribution in [0.25, 0.3) is 4.91 Å². The minimum Gasteiger partial charge on any atom is -0.457 e. The van der Waals surface area contributed by atoms with E-state index < -0.39 is 0 Å². The molecule has 0 aliphatic rings. The van der Waals surface area contributed by atoms with E-state index in [2.05, 4.69) is 45.1 Å². The molecule has 0 unspecified atom stereocenters. The number of allylic oxidation sites excluding steroid dienone is 3. The molecule has 0 bridgehead atoms. The second-order valence-electron chi connectivity index (χ2n) is 4.89. The number of para-hydroxylation sites is 2. The van der Waals surface area contributed by atoms with Crippen LogP contribution < -0.4 is 4.74 Å². The Morgan fingerprint density at radius 1 is 1.05 bits per heavy atom. The van der Waals surface area contributed by atoms with Crippen molar-refractivity contribution in [3.05, 3.63) is 77.2 Å². The first-order valence-electron chi connectivity index (χ1n) is 7.57. The largest absolute Gasteiger partial charge is 0.457 e. The molecule has 2 rings (SSSR count). The molecule has 0 aliphatic carbocycles. The van der Waals surface area contributed by atoms with E-state index in [1.165, 1.54) is 9.81 Å². The summed E-state index contributed by atoms with van der Waals surface area (Å²) in [6.07, 6.45) is 5.39. The summed E-state index contributed by atoms with van der Waals surface area (Å²) >= 11 is 1.79. The maximum Gasteiger partial charge on any atom is 0.135 e. The van der Waals surface area contributed by atoms with Gasteiger partial charge in [-0.2, -0.15) is 0 Å². The topological polar surface area (TPSA) is 9.23 Å². The molecule has 1 nitrogen and oxygen atoms in total. The van der Waals surface area contributed by atoms with Crippen LogP contribution in [0, 0.1) is 0 Å². The molecule has 0 radical (unpaired) electrons. The maximum absolute atomic E-state index is 6.08. The fourth-order valence-corrected chi connectivity index (χ4v) is 2.99. The highest BCUT2D eigenvalue weighted by Gasteiger charge is 2.10. The van der Waals surface area contributed by atoms with Crippen LogP contribution in [-0.4, -0.2) is 0 Å². The van der Waals surface area contributed by atoms with Crippen molar-refractivity contribution < 1.29 is 4.74 Å². The summed E-state index contributed by atoms with van der Waals surface area (Å²) in [6, 6.07) is 18.1. The van der Waals surface area contributed by atoms with Crippen LogP contribution >= 0.6 is 11.8 Å². The Bertz CT molecular complexity index is 656. The van der Waals surface area contributed by atoms with E-state index in [1.807, 2.05) is 42.5 Å². The van der Waals surface area contributed by atoms with Crippen molar-refractivity contribution in [2.24, 2.45) is 0 Å². The van der Waals surface area contributed by atoms with Crippen LogP contribution in [-0.2, 0) is 0 Å². The number of rotatable bonds is 6. The lowest BCUT2D eigenvalue weighted by Gasteiger charge is -2.14. The van der Waals surface area contributed by atoms with Crippen LogP contribution in [0.2, 0.25) is 0 Å². The van der Waals surface area contributed by atoms with E-state index in [1.54, 1.807) is 11.8 Å². The summed E-state index contributed by atoms with van der Waals surface area (Å²) in [7, 11) is 0. The van der Waals surface area contributed by atoms with Crippen molar-refractivity contribution in [1.82, 2.24) is 0 Å². The molecule has 2 aromatic rings. The van der Waals surface area contributed by atoms with Gasteiger partial charge < -0.3 is 4.74 Å². The van der Waals surface area contributed by atoms with E-state index >= 15 is 0 Å². The van der Waals surface area contributed by atoms with Gasteiger partial charge in [0.05, 0.1) is 0 Å². The van der Waals surface area contributed by atoms with Crippen molar-refractivity contribution in [3.63, 3.8) is 0 Å². The van der Waals surface area contributed by atoms with Crippen molar-refractivity contribution in [3.8, 4) is 11.5 Å². The second kappa shape index (κ2) is 8.50. The van der Waals surface area contributed by atoms with Crippen LogP contribution in [0.3, 0.4) is 0 Å². The summed E-state index contributed by atoms with van der Waals surface area (Å²) < 4.78 is 6.08. The van der Waals surface area contributed by atoms with Crippen LogP contribution in [0.5, 0.6) is 11.5 Å². The predicted octanol–water partition coefficient (Wildman–Crippen LogP) is 6.89. The quantitative estimate of drug-likeness (QED) is 0.574. The van der Waals surface area contributed by atoms with Crippen LogP contribution in [0.1, 0.15) is 32.8 Å². The van der Waals surface area contributed by atoms with Gasteiger partial charge in [-0.1, -0.05) is 67.2 Å². The van der Waals surface area contributed by atoms with Gasteiger partial charge in [-0.3, -0.25) is 0 Å². The first kappa shape index (κ1) is 16.4. The molecule has 2 heteroatoms. The van der Waals surface area contributed by atoms with Crippen molar-refractivity contribution in [1.29, 1.82) is 0 Å². The third-order valence-electron chi connectivity index (χ3n) is 3.19. The van der Waals surface area contributed by atoms with Crippen molar-refractivity contribution >= 4 is 16.7 Å². The Morgan fingerprint density at radius 2 is 1.73 bits per heavy atom. The van der Waals surface area contributed by atoms with E-state index in [-0.39, 0.29) is 0 Å². The Hall–Kier alpha value is -1.93. The van der Waals surface area contributed by atoms with E-state index in [9.17, 15) is 0 Å². The minimum absolute atomic E-state index is 0.860. The summed E-state index contributed by atoms with van der Waals surface area (Å²) in [4.78, 5) is 2.53. The summed E-state index contributed by atoms with van der Waals surface area (Å²) in [6.45, 7) is 6.36. The number of hydrogen-bond donors (Lipinski definition) is 0. The first-order valence-corrected chi connectivity index (χ1v) is 8.39. The van der Waals surface area contributed by atoms with Crippen LogP contribution in [0.4, 0.5) is 0 Å². The molecule has 114 valence electrons. The van der Waals surface area contributed by atoms with Gasteiger partial charge in [0.1, 0.15) is 11.5 Å². The van der Waals surface area contributed by atoms with E-state index in [0.717, 1.165) is 23.5 Å². The third-order valence-corrected chi connectivity index (χ3v) is 4.35. The monoisotopic (exact) mass is 310 g/mol. The third kappa shape index (κ3) is 4.54. The van der Waals surface area contributed by atoms with Gasteiger partial charge >= 0.3 is 0 Å². The number of ether oxygens (including phenoxy) is 1.